The molecule has 3 heteroatoms. The van der Waals surface area contributed by atoms with Crippen LogP contribution in [0, 0.1) is 5.82 Å². The monoisotopic (exact) mass is 697 g/mol. The molecule has 250 valence electrons. The third kappa shape index (κ3) is 5.37. The number of nitrogens with zero attached hydrogens (tertiary/aromatic N) is 1. The van der Waals surface area contributed by atoms with Crippen molar-refractivity contribution in [2.24, 2.45) is 0 Å². The molecule has 1 nitrogen and oxygen atoms in total. The highest BCUT2D eigenvalue weighted by Gasteiger charge is 2.20. The molecular weight excluding hydrogens is 666 g/mol. The first-order valence-electron chi connectivity index (χ1n) is 17.9. The van der Waals surface area contributed by atoms with E-state index in [0.29, 0.717) is 5.39 Å². The number of thiophene rings is 1. The highest BCUT2D eigenvalue weighted by atomic mass is 32.1. The molecule has 0 atom stereocenters. The molecule has 0 N–H and O–H groups in total. The molecule has 0 saturated heterocycles. The standard InChI is InChI=1S/C50H32FNS/c51-46-31-30-41(44-22-10-21-42(49(44)46)34-12-2-1-3-13-34)36-16-8-17-38(32-36)52(47-24-11-23-45-43-19-6-7-25-48(43)53-50(45)47)37-28-26-35(27-29-37)40-20-9-15-33-14-4-5-18-39(33)40/h1-32H. The summed E-state index contributed by atoms with van der Waals surface area (Å²) < 4.78 is 18.2. The van der Waals surface area contributed by atoms with Gasteiger partial charge in [-0.05, 0) is 92.0 Å². The van der Waals surface area contributed by atoms with Crippen LogP contribution in [0.4, 0.5) is 21.5 Å². The third-order valence-corrected chi connectivity index (χ3v) is 11.5. The third-order valence-electron chi connectivity index (χ3n) is 10.3. The van der Waals surface area contributed by atoms with Gasteiger partial charge in [0.25, 0.3) is 0 Å². The zero-order chi connectivity index (χ0) is 35.3. The van der Waals surface area contributed by atoms with E-state index in [9.17, 15) is 0 Å². The molecule has 0 unspecified atom stereocenters. The highest BCUT2D eigenvalue weighted by molar-refractivity contribution is 7.26. The first-order valence-corrected chi connectivity index (χ1v) is 18.7. The Morgan fingerprint density at radius 3 is 1.91 bits per heavy atom. The van der Waals surface area contributed by atoms with E-state index in [-0.39, 0.29) is 5.82 Å². The highest BCUT2D eigenvalue weighted by Crippen LogP contribution is 2.46. The normalized spacial score (nSPS) is 11.5. The van der Waals surface area contributed by atoms with E-state index in [0.717, 1.165) is 44.7 Å². The molecule has 10 rings (SSSR count). The number of fused-ring (bicyclic) bond motifs is 5. The van der Waals surface area contributed by atoms with Crippen molar-refractivity contribution in [3.8, 4) is 33.4 Å². The summed E-state index contributed by atoms with van der Waals surface area (Å²) in [6.07, 6.45) is 0. The summed E-state index contributed by atoms with van der Waals surface area (Å²) in [5.41, 5.74) is 9.51. The molecule has 1 heterocycles. The molecule has 9 aromatic carbocycles. The Labute approximate surface area is 311 Å². The number of hydrogen-bond acceptors (Lipinski definition) is 2. The van der Waals surface area contributed by atoms with Crippen LogP contribution in [0.15, 0.2) is 194 Å². The van der Waals surface area contributed by atoms with Crippen molar-refractivity contribution in [2.45, 2.75) is 0 Å². The Hall–Kier alpha value is -6.55. The lowest BCUT2D eigenvalue weighted by Gasteiger charge is -2.27. The van der Waals surface area contributed by atoms with Crippen molar-refractivity contribution in [3.63, 3.8) is 0 Å². The average molecular weight is 698 g/mol. The van der Waals surface area contributed by atoms with Crippen molar-refractivity contribution < 1.29 is 4.39 Å². The molecule has 0 aliphatic carbocycles. The van der Waals surface area contributed by atoms with E-state index in [2.05, 4.69) is 138 Å². The maximum atomic E-state index is 15.7. The van der Waals surface area contributed by atoms with Gasteiger partial charge in [-0.3, -0.25) is 0 Å². The molecule has 10 aromatic rings. The largest absolute Gasteiger partial charge is 0.309 e. The van der Waals surface area contributed by atoms with Crippen LogP contribution >= 0.6 is 11.3 Å². The average Bonchev–Trinajstić information content (AvgIpc) is 3.61. The second-order valence-electron chi connectivity index (χ2n) is 13.4. The predicted molar refractivity (Wildman–Crippen MR) is 225 cm³/mol. The first kappa shape index (κ1) is 31.2. The van der Waals surface area contributed by atoms with E-state index in [1.54, 1.807) is 6.07 Å². The second kappa shape index (κ2) is 12.9. The summed E-state index contributed by atoms with van der Waals surface area (Å²) in [7, 11) is 0. The molecule has 53 heavy (non-hydrogen) atoms. The minimum atomic E-state index is -0.219. The Morgan fingerprint density at radius 2 is 1.02 bits per heavy atom. The van der Waals surface area contributed by atoms with E-state index < -0.39 is 0 Å². The van der Waals surface area contributed by atoms with Crippen LogP contribution in [-0.4, -0.2) is 0 Å². The maximum Gasteiger partial charge on any atom is 0.131 e. The number of anilines is 3. The Bertz CT molecular complexity index is 2960. The van der Waals surface area contributed by atoms with E-state index in [1.165, 1.54) is 42.1 Å². The summed E-state index contributed by atoms with van der Waals surface area (Å²) in [5, 5.41) is 6.51. The van der Waals surface area contributed by atoms with Gasteiger partial charge in [0, 0.05) is 32.2 Å². The van der Waals surface area contributed by atoms with Crippen LogP contribution in [-0.2, 0) is 0 Å². The summed E-state index contributed by atoms with van der Waals surface area (Å²) in [6, 6.07) is 67.6. The predicted octanol–water partition coefficient (Wildman–Crippen LogP) is 15.0. The van der Waals surface area contributed by atoms with Crippen molar-refractivity contribution in [1.82, 2.24) is 0 Å². The first-order chi connectivity index (χ1) is 26.2. The van der Waals surface area contributed by atoms with Crippen molar-refractivity contribution in [1.29, 1.82) is 0 Å². The molecule has 1 aromatic heterocycles. The van der Waals surface area contributed by atoms with E-state index >= 15 is 4.39 Å². The zero-order valence-electron chi connectivity index (χ0n) is 28.7. The van der Waals surface area contributed by atoms with Gasteiger partial charge in [0.15, 0.2) is 0 Å². The molecule has 0 saturated carbocycles. The van der Waals surface area contributed by atoms with Gasteiger partial charge in [0.1, 0.15) is 5.82 Å². The number of rotatable bonds is 6. The minimum Gasteiger partial charge on any atom is -0.309 e. The van der Waals surface area contributed by atoms with Gasteiger partial charge >= 0.3 is 0 Å². The molecule has 0 aliphatic heterocycles. The molecule has 0 fully saturated rings. The van der Waals surface area contributed by atoms with Crippen molar-refractivity contribution in [2.75, 3.05) is 4.90 Å². The van der Waals surface area contributed by atoms with Crippen molar-refractivity contribution >= 4 is 70.1 Å². The lowest BCUT2D eigenvalue weighted by molar-refractivity contribution is 0.640. The van der Waals surface area contributed by atoms with Gasteiger partial charge in [-0.25, -0.2) is 4.39 Å². The summed E-state index contributed by atoms with van der Waals surface area (Å²) in [6.45, 7) is 0. The summed E-state index contributed by atoms with van der Waals surface area (Å²) in [5.74, 6) is -0.219. The van der Waals surface area contributed by atoms with Crippen molar-refractivity contribution in [3.05, 3.63) is 200 Å². The lowest BCUT2D eigenvalue weighted by Crippen LogP contribution is -2.10. The van der Waals surface area contributed by atoms with Crippen LogP contribution in [0.25, 0.3) is 75.1 Å². The van der Waals surface area contributed by atoms with Crippen LogP contribution < -0.4 is 4.90 Å². The van der Waals surface area contributed by atoms with Gasteiger partial charge in [0.2, 0.25) is 0 Å². The molecule has 0 spiro atoms. The fraction of sp³-hybridized carbons (Fsp3) is 0. The number of halogens is 1. The molecule has 0 aliphatic rings. The van der Waals surface area contributed by atoms with E-state index in [1.807, 2.05) is 65.9 Å². The van der Waals surface area contributed by atoms with Gasteiger partial charge in [-0.2, -0.15) is 0 Å². The smallest absolute Gasteiger partial charge is 0.131 e. The van der Waals surface area contributed by atoms with Gasteiger partial charge in [-0.15, -0.1) is 11.3 Å². The molecule has 0 radical (unpaired) electrons. The summed E-state index contributed by atoms with van der Waals surface area (Å²) >= 11 is 1.83. The summed E-state index contributed by atoms with van der Waals surface area (Å²) in [4.78, 5) is 2.37. The Kier molecular flexibility index (Phi) is 7.59. The topological polar surface area (TPSA) is 3.24 Å². The Balaban J connectivity index is 1.16. The second-order valence-corrected chi connectivity index (χ2v) is 14.5. The SMILES string of the molecule is Fc1ccc(-c2cccc(N(c3ccc(-c4cccc5ccccc45)cc3)c3cccc4c3sc3ccccc34)c2)c2cccc(-c3ccccc3)c12. The van der Waals surface area contributed by atoms with Crippen LogP contribution in [0.5, 0.6) is 0 Å². The van der Waals surface area contributed by atoms with Gasteiger partial charge in [0.05, 0.1) is 10.4 Å². The van der Waals surface area contributed by atoms with Crippen LogP contribution in [0.2, 0.25) is 0 Å². The zero-order valence-corrected chi connectivity index (χ0v) is 29.5. The minimum absolute atomic E-state index is 0.219. The Morgan fingerprint density at radius 1 is 0.396 bits per heavy atom. The maximum absolute atomic E-state index is 15.7. The molecular formula is C50H32FNS. The number of benzene rings is 9. The molecule has 0 amide bonds. The lowest BCUT2D eigenvalue weighted by atomic mass is 9.92. The fourth-order valence-corrected chi connectivity index (χ4v) is 9.10. The van der Waals surface area contributed by atoms with Crippen LogP contribution in [0.3, 0.4) is 0 Å². The van der Waals surface area contributed by atoms with Gasteiger partial charge in [-0.1, -0.05) is 152 Å². The van der Waals surface area contributed by atoms with Crippen LogP contribution in [0.1, 0.15) is 0 Å². The molecule has 0 bridgehead atoms. The van der Waals surface area contributed by atoms with E-state index in [4.69, 9.17) is 0 Å². The fourth-order valence-electron chi connectivity index (χ4n) is 7.89. The quantitative estimate of drug-likeness (QED) is 0.167. The van der Waals surface area contributed by atoms with Gasteiger partial charge < -0.3 is 4.90 Å². The number of hydrogen-bond donors (Lipinski definition) is 0.